The number of anilines is 1. The first-order valence-corrected chi connectivity index (χ1v) is 5.36. The molecule has 0 heterocycles. The fourth-order valence-electron chi connectivity index (χ4n) is 1.19. The van der Waals surface area contributed by atoms with Crippen LogP contribution >= 0.6 is 11.6 Å². The average molecular weight is 214 g/mol. The highest BCUT2D eigenvalue weighted by atomic mass is 35.5. The van der Waals surface area contributed by atoms with Crippen LogP contribution < -0.4 is 5.32 Å². The number of aryl methyl sites for hydroxylation is 1. The first kappa shape index (κ1) is 11.3. The Morgan fingerprint density at radius 2 is 2.29 bits per heavy atom. The van der Waals surface area contributed by atoms with Crippen LogP contribution in [-0.2, 0) is 6.42 Å². The highest BCUT2D eigenvalue weighted by Crippen LogP contribution is 2.10. The lowest BCUT2D eigenvalue weighted by atomic mass is 10.1. The summed E-state index contributed by atoms with van der Waals surface area (Å²) < 4.78 is 0. The van der Waals surface area contributed by atoms with E-state index in [9.17, 15) is 5.11 Å². The van der Waals surface area contributed by atoms with Crippen molar-refractivity contribution in [3.8, 4) is 0 Å². The van der Waals surface area contributed by atoms with E-state index in [1.54, 1.807) is 0 Å². The zero-order valence-corrected chi connectivity index (χ0v) is 9.09. The summed E-state index contributed by atoms with van der Waals surface area (Å²) in [6.07, 6.45) is 0.537. The minimum absolute atomic E-state index is 0.264. The molecule has 1 aromatic rings. The van der Waals surface area contributed by atoms with Crippen molar-refractivity contribution in [2.45, 2.75) is 19.4 Å². The fourth-order valence-corrected chi connectivity index (χ4v) is 1.30. The topological polar surface area (TPSA) is 32.3 Å². The van der Waals surface area contributed by atoms with Gasteiger partial charge in [0.2, 0.25) is 0 Å². The predicted molar refractivity (Wildman–Crippen MR) is 61.0 cm³/mol. The van der Waals surface area contributed by atoms with Gasteiger partial charge in [-0.25, -0.2) is 0 Å². The molecule has 0 saturated heterocycles. The van der Waals surface area contributed by atoms with Crippen LogP contribution in [0, 0.1) is 0 Å². The van der Waals surface area contributed by atoms with Crippen LogP contribution in [0.2, 0.25) is 0 Å². The molecule has 0 radical (unpaired) electrons. The van der Waals surface area contributed by atoms with Gasteiger partial charge in [-0.1, -0.05) is 19.1 Å². The number of aliphatic hydroxyl groups excluding tert-OH is 1. The van der Waals surface area contributed by atoms with Crippen molar-refractivity contribution in [2.24, 2.45) is 0 Å². The van der Waals surface area contributed by atoms with E-state index in [4.69, 9.17) is 11.6 Å². The zero-order chi connectivity index (χ0) is 10.4. The van der Waals surface area contributed by atoms with E-state index in [1.165, 1.54) is 5.56 Å². The Bertz CT molecular complexity index is 278. The molecule has 0 amide bonds. The van der Waals surface area contributed by atoms with Gasteiger partial charge in [0.25, 0.3) is 0 Å². The molecule has 14 heavy (non-hydrogen) atoms. The molecular weight excluding hydrogens is 198 g/mol. The number of alkyl halides is 1. The van der Waals surface area contributed by atoms with Gasteiger partial charge in [0.1, 0.15) is 0 Å². The maximum atomic E-state index is 9.25. The van der Waals surface area contributed by atoms with E-state index in [0.29, 0.717) is 6.54 Å². The number of hydrogen-bond donors (Lipinski definition) is 2. The molecule has 0 aliphatic carbocycles. The third-order valence-electron chi connectivity index (χ3n) is 2.06. The molecule has 0 fully saturated rings. The molecule has 3 heteroatoms. The molecule has 0 aromatic heterocycles. The second-order valence-electron chi connectivity index (χ2n) is 3.24. The highest BCUT2D eigenvalue weighted by molar-refractivity contribution is 6.18. The Balaban J connectivity index is 2.50. The number of benzene rings is 1. The number of aliphatic hydroxyl groups is 1. The van der Waals surface area contributed by atoms with Gasteiger partial charge in [-0.15, -0.1) is 11.6 Å². The van der Waals surface area contributed by atoms with Gasteiger partial charge in [0.15, 0.2) is 0 Å². The Morgan fingerprint density at radius 3 is 2.93 bits per heavy atom. The quantitative estimate of drug-likeness (QED) is 0.736. The second kappa shape index (κ2) is 5.89. The van der Waals surface area contributed by atoms with Crippen molar-refractivity contribution < 1.29 is 5.11 Å². The molecule has 1 aromatic carbocycles. The molecule has 0 aliphatic rings. The molecule has 1 unspecified atom stereocenters. The normalized spacial score (nSPS) is 12.5. The number of halogens is 1. The Kier molecular flexibility index (Phi) is 4.77. The lowest BCUT2D eigenvalue weighted by Gasteiger charge is -2.10. The molecule has 0 saturated carbocycles. The lowest BCUT2D eigenvalue weighted by molar-refractivity contribution is 0.211. The molecule has 0 aliphatic heterocycles. The summed E-state index contributed by atoms with van der Waals surface area (Å²) in [5, 5.41) is 12.4. The number of rotatable bonds is 5. The minimum atomic E-state index is -0.484. The maximum absolute atomic E-state index is 9.25. The molecule has 2 N–H and O–H groups in total. The van der Waals surface area contributed by atoms with Crippen molar-refractivity contribution in [1.29, 1.82) is 0 Å². The molecule has 0 bridgehead atoms. The molecular formula is C11H16ClNO. The van der Waals surface area contributed by atoms with Crippen LogP contribution in [0.5, 0.6) is 0 Å². The smallest absolute Gasteiger partial charge is 0.0847 e. The van der Waals surface area contributed by atoms with Gasteiger partial charge in [0, 0.05) is 12.2 Å². The second-order valence-corrected chi connectivity index (χ2v) is 3.55. The van der Waals surface area contributed by atoms with Crippen LogP contribution in [0.15, 0.2) is 24.3 Å². The van der Waals surface area contributed by atoms with E-state index < -0.39 is 6.10 Å². The number of nitrogens with one attached hydrogen (secondary N) is 1. The van der Waals surface area contributed by atoms with Crippen LogP contribution in [0.25, 0.3) is 0 Å². The molecule has 1 atom stereocenters. The lowest BCUT2D eigenvalue weighted by Crippen LogP contribution is -2.20. The van der Waals surface area contributed by atoms with Gasteiger partial charge < -0.3 is 10.4 Å². The minimum Gasteiger partial charge on any atom is -0.390 e. The van der Waals surface area contributed by atoms with Crippen LogP contribution in [0.3, 0.4) is 0 Å². The first-order valence-electron chi connectivity index (χ1n) is 4.83. The summed E-state index contributed by atoms with van der Waals surface area (Å²) in [5.41, 5.74) is 2.32. The van der Waals surface area contributed by atoms with Crippen molar-refractivity contribution in [3.05, 3.63) is 29.8 Å². The Hall–Kier alpha value is -0.730. The summed E-state index contributed by atoms with van der Waals surface area (Å²) in [6.45, 7) is 2.61. The van der Waals surface area contributed by atoms with Crippen LogP contribution in [0.4, 0.5) is 5.69 Å². The van der Waals surface area contributed by atoms with Crippen LogP contribution in [-0.4, -0.2) is 23.6 Å². The standard InChI is InChI=1S/C11H16ClNO/c1-2-9-4-3-5-10(6-9)13-8-11(14)7-12/h3-6,11,13-14H,2,7-8H2,1H3. The van der Waals surface area contributed by atoms with E-state index >= 15 is 0 Å². The Morgan fingerprint density at radius 1 is 1.50 bits per heavy atom. The SMILES string of the molecule is CCc1cccc(NCC(O)CCl)c1. The highest BCUT2D eigenvalue weighted by Gasteiger charge is 2.01. The van der Waals surface area contributed by atoms with Gasteiger partial charge in [0.05, 0.1) is 12.0 Å². The van der Waals surface area contributed by atoms with Gasteiger partial charge >= 0.3 is 0 Å². The largest absolute Gasteiger partial charge is 0.390 e. The molecule has 1 rings (SSSR count). The van der Waals surface area contributed by atoms with Crippen molar-refractivity contribution >= 4 is 17.3 Å². The van der Waals surface area contributed by atoms with E-state index in [2.05, 4.69) is 24.4 Å². The Labute approximate surface area is 89.9 Å². The first-order chi connectivity index (χ1) is 6.76. The van der Waals surface area contributed by atoms with E-state index in [0.717, 1.165) is 12.1 Å². The summed E-state index contributed by atoms with van der Waals surface area (Å²) >= 11 is 5.49. The average Bonchev–Trinajstić information content (AvgIpc) is 2.26. The van der Waals surface area contributed by atoms with E-state index in [-0.39, 0.29) is 5.88 Å². The summed E-state index contributed by atoms with van der Waals surface area (Å²) in [6, 6.07) is 8.17. The zero-order valence-electron chi connectivity index (χ0n) is 8.33. The van der Waals surface area contributed by atoms with Crippen LogP contribution in [0.1, 0.15) is 12.5 Å². The third kappa shape index (κ3) is 3.56. The monoisotopic (exact) mass is 213 g/mol. The number of hydrogen-bond acceptors (Lipinski definition) is 2. The molecule has 2 nitrogen and oxygen atoms in total. The summed E-state index contributed by atoms with van der Waals surface area (Å²) in [4.78, 5) is 0. The maximum Gasteiger partial charge on any atom is 0.0847 e. The molecule has 78 valence electrons. The summed E-state index contributed by atoms with van der Waals surface area (Å²) in [5.74, 6) is 0.264. The van der Waals surface area contributed by atoms with Crippen molar-refractivity contribution in [3.63, 3.8) is 0 Å². The fraction of sp³-hybridized carbons (Fsp3) is 0.455. The van der Waals surface area contributed by atoms with Crippen molar-refractivity contribution in [1.82, 2.24) is 0 Å². The van der Waals surface area contributed by atoms with Gasteiger partial charge in [-0.2, -0.15) is 0 Å². The third-order valence-corrected chi connectivity index (χ3v) is 2.41. The summed E-state index contributed by atoms with van der Waals surface area (Å²) in [7, 11) is 0. The van der Waals surface area contributed by atoms with E-state index in [1.807, 2.05) is 12.1 Å². The molecule has 0 spiro atoms. The predicted octanol–water partition coefficient (Wildman–Crippen LogP) is 2.26. The van der Waals surface area contributed by atoms with Crippen molar-refractivity contribution in [2.75, 3.05) is 17.7 Å². The van der Waals surface area contributed by atoms with Gasteiger partial charge in [-0.05, 0) is 24.1 Å². The van der Waals surface area contributed by atoms with Gasteiger partial charge in [-0.3, -0.25) is 0 Å².